The molecule has 0 radical (unpaired) electrons. The smallest absolute Gasteiger partial charge is 0.259 e. The molecule has 2 amide bonds. The molecular formula is C25H19Cl4FN2O2. The third-order valence-electron chi connectivity index (χ3n) is 5.74. The number of aryl methyl sites for hydroxylation is 1. The van der Waals surface area contributed by atoms with Gasteiger partial charge in [0.1, 0.15) is 10.2 Å². The zero-order chi connectivity index (χ0) is 24.8. The van der Waals surface area contributed by atoms with Gasteiger partial charge < -0.3 is 10.2 Å². The van der Waals surface area contributed by atoms with E-state index in [1.54, 1.807) is 19.2 Å². The molecule has 176 valence electrons. The molecule has 1 fully saturated rings. The number of carbonyl (C=O) groups excluding carboxylic acids is 2. The average Bonchev–Trinajstić information content (AvgIpc) is 3.36. The van der Waals surface area contributed by atoms with Crippen molar-refractivity contribution in [2.24, 2.45) is 5.92 Å². The average molecular weight is 540 g/mol. The molecule has 4 nitrogen and oxygen atoms in total. The first kappa shape index (κ1) is 24.8. The Morgan fingerprint density at radius 1 is 1.00 bits per heavy atom. The third-order valence-corrected chi connectivity index (χ3v) is 7.23. The van der Waals surface area contributed by atoms with Crippen molar-refractivity contribution in [3.63, 3.8) is 0 Å². The van der Waals surface area contributed by atoms with Crippen LogP contribution in [0.2, 0.25) is 10.0 Å². The van der Waals surface area contributed by atoms with Crippen LogP contribution < -0.4 is 10.2 Å². The van der Waals surface area contributed by atoms with Gasteiger partial charge in [-0.3, -0.25) is 9.59 Å². The van der Waals surface area contributed by atoms with E-state index in [2.05, 4.69) is 5.32 Å². The lowest BCUT2D eigenvalue weighted by atomic mass is 10.1. The Balaban J connectivity index is 1.53. The molecule has 0 saturated heterocycles. The lowest BCUT2D eigenvalue weighted by Gasteiger charge is -2.18. The summed E-state index contributed by atoms with van der Waals surface area (Å²) in [6.07, 6.45) is 0. The van der Waals surface area contributed by atoms with Crippen LogP contribution in [0, 0.1) is 18.7 Å². The Morgan fingerprint density at radius 3 is 2.32 bits per heavy atom. The van der Waals surface area contributed by atoms with Gasteiger partial charge in [-0.2, -0.15) is 0 Å². The molecule has 0 heterocycles. The third kappa shape index (κ3) is 4.89. The first-order valence-electron chi connectivity index (χ1n) is 10.3. The van der Waals surface area contributed by atoms with Crippen LogP contribution in [0.25, 0.3) is 0 Å². The Bertz CT molecular complexity index is 1260. The van der Waals surface area contributed by atoms with Gasteiger partial charge in [0.05, 0.1) is 16.5 Å². The SMILES string of the molecule is Cc1cc(Cl)cc([C@H]2[C@H](C(=O)Nc3ccc(Cl)c(C(=O)N(C)c4ccc(F)cc4)c3)C2(Cl)Cl)c1. The zero-order valence-corrected chi connectivity index (χ0v) is 21.1. The molecule has 0 aliphatic heterocycles. The van der Waals surface area contributed by atoms with E-state index in [9.17, 15) is 14.0 Å². The molecule has 1 N–H and O–H groups in total. The minimum atomic E-state index is -1.28. The molecule has 2 atom stereocenters. The van der Waals surface area contributed by atoms with E-state index < -0.39 is 27.9 Å². The summed E-state index contributed by atoms with van der Waals surface area (Å²) in [6, 6.07) is 15.5. The van der Waals surface area contributed by atoms with Crippen LogP contribution in [0.3, 0.4) is 0 Å². The second kappa shape index (κ2) is 9.38. The normalized spacial score (nSPS) is 18.3. The van der Waals surface area contributed by atoms with Crippen molar-refractivity contribution in [2.75, 3.05) is 17.3 Å². The molecule has 9 heteroatoms. The van der Waals surface area contributed by atoms with Gasteiger partial charge in [-0.1, -0.05) is 29.3 Å². The highest BCUT2D eigenvalue weighted by Crippen LogP contribution is 2.65. The molecule has 0 spiro atoms. The van der Waals surface area contributed by atoms with E-state index in [1.807, 2.05) is 19.1 Å². The summed E-state index contributed by atoms with van der Waals surface area (Å²) < 4.78 is 11.9. The van der Waals surface area contributed by atoms with Crippen LogP contribution in [0.5, 0.6) is 0 Å². The predicted octanol–water partition coefficient (Wildman–Crippen LogP) is 7.24. The van der Waals surface area contributed by atoms with Crippen molar-refractivity contribution in [1.29, 1.82) is 0 Å². The maximum Gasteiger partial charge on any atom is 0.259 e. The van der Waals surface area contributed by atoms with Gasteiger partial charge in [0.15, 0.2) is 0 Å². The van der Waals surface area contributed by atoms with E-state index in [-0.39, 0.29) is 16.5 Å². The van der Waals surface area contributed by atoms with Crippen LogP contribution in [-0.4, -0.2) is 23.2 Å². The largest absolute Gasteiger partial charge is 0.326 e. The van der Waals surface area contributed by atoms with Gasteiger partial charge in [-0.05, 0) is 72.6 Å². The van der Waals surface area contributed by atoms with E-state index >= 15 is 0 Å². The van der Waals surface area contributed by atoms with Crippen molar-refractivity contribution in [1.82, 2.24) is 0 Å². The first-order valence-corrected chi connectivity index (χ1v) is 11.8. The number of nitrogens with one attached hydrogen (secondary N) is 1. The molecule has 3 aromatic carbocycles. The van der Waals surface area contributed by atoms with Crippen LogP contribution in [0.4, 0.5) is 15.8 Å². The molecule has 1 aliphatic rings. The summed E-state index contributed by atoms with van der Waals surface area (Å²) in [6.45, 7) is 1.90. The van der Waals surface area contributed by atoms with Crippen molar-refractivity contribution >= 4 is 69.6 Å². The number of carbonyl (C=O) groups is 2. The lowest BCUT2D eigenvalue weighted by Crippen LogP contribution is -2.26. The van der Waals surface area contributed by atoms with Crippen molar-refractivity contribution in [3.05, 3.63) is 93.2 Å². The van der Waals surface area contributed by atoms with Gasteiger partial charge in [0.2, 0.25) is 5.91 Å². The molecule has 0 aromatic heterocycles. The Labute approximate surface area is 216 Å². The number of hydrogen-bond acceptors (Lipinski definition) is 2. The second-order valence-corrected chi connectivity index (χ2v) is 10.5. The predicted molar refractivity (Wildman–Crippen MR) is 136 cm³/mol. The van der Waals surface area contributed by atoms with E-state index in [0.29, 0.717) is 16.4 Å². The van der Waals surface area contributed by atoms with Crippen LogP contribution in [-0.2, 0) is 4.79 Å². The first-order chi connectivity index (χ1) is 16.0. The van der Waals surface area contributed by atoms with Gasteiger partial charge in [-0.15, -0.1) is 23.2 Å². The highest BCUT2D eigenvalue weighted by Gasteiger charge is 2.67. The second-order valence-electron chi connectivity index (χ2n) is 8.22. The number of anilines is 2. The number of alkyl halides is 2. The summed E-state index contributed by atoms with van der Waals surface area (Å²) in [7, 11) is 1.55. The van der Waals surface area contributed by atoms with Gasteiger partial charge in [0.25, 0.3) is 5.91 Å². The maximum atomic E-state index is 13.2. The number of amides is 2. The topological polar surface area (TPSA) is 49.4 Å². The quantitative estimate of drug-likeness (QED) is 0.347. The Kier molecular flexibility index (Phi) is 6.85. The summed E-state index contributed by atoms with van der Waals surface area (Å²) in [4.78, 5) is 27.4. The lowest BCUT2D eigenvalue weighted by molar-refractivity contribution is -0.117. The number of nitrogens with zero attached hydrogens (tertiary/aromatic N) is 1. The summed E-state index contributed by atoms with van der Waals surface area (Å²) in [5.74, 6) is -2.35. The molecule has 0 bridgehead atoms. The van der Waals surface area contributed by atoms with Crippen LogP contribution in [0.15, 0.2) is 60.7 Å². The standard InChI is InChI=1S/C25H19Cl4FN2O2/c1-13-9-14(11-15(26)10-13)21-22(25(21,28)29)23(33)31-17-5-8-20(27)19(12-17)24(34)32(2)18-6-3-16(30)4-7-18/h3-12,21-22H,1-2H3,(H,31,33)/t21-,22+/m0/s1. The Hall–Kier alpha value is -2.31. The maximum absolute atomic E-state index is 13.2. The molecule has 0 unspecified atom stereocenters. The zero-order valence-electron chi connectivity index (χ0n) is 18.1. The number of halogens is 5. The highest BCUT2D eigenvalue weighted by molar-refractivity contribution is 6.53. The summed E-state index contributed by atoms with van der Waals surface area (Å²) in [5.41, 5.74) is 2.74. The fourth-order valence-electron chi connectivity index (χ4n) is 3.96. The minimum Gasteiger partial charge on any atom is -0.326 e. The summed E-state index contributed by atoms with van der Waals surface area (Å²) >= 11 is 25.3. The highest BCUT2D eigenvalue weighted by atomic mass is 35.5. The van der Waals surface area contributed by atoms with E-state index in [4.69, 9.17) is 46.4 Å². The molecule has 3 aromatic rings. The Morgan fingerprint density at radius 2 is 1.68 bits per heavy atom. The van der Waals surface area contributed by atoms with Crippen molar-refractivity contribution < 1.29 is 14.0 Å². The van der Waals surface area contributed by atoms with Gasteiger partial charge in [0, 0.05) is 29.4 Å². The van der Waals surface area contributed by atoms with Crippen molar-refractivity contribution in [3.8, 4) is 0 Å². The van der Waals surface area contributed by atoms with Gasteiger partial charge in [-0.25, -0.2) is 4.39 Å². The van der Waals surface area contributed by atoms with E-state index in [0.717, 1.165) is 11.1 Å². The minimum absolute atomic E-state index is 0.173. The monoisotopic (exact) mass is 538 g/mol. The summed E-state index contributed by atoms with van der Waals surface area (Å²) in [5, 5.41) is 3.52. The molecular weight excluding hydrogens is 521 g/mol. The number of benzene rings is 3. The number of hydrogen-bond donors (Lipinski definition) is 1. The molecule has 1 aliphatic carbocycles. The van der Waals surface area contributed by atoms with E-state index in [1.165, 1.54) is 41.3 Å². The van der Waals surface area contributed by atoms with Crippen LogP contribution >= 0.6 is 46.4 Å². The molecule has 1 saturated carbocycles. The van der Waals surface area contributed by atoms with Crippen LogP contribution in [0.1, 0.15) is 27.4 Å². The fraction of sp³-hybridized carbons (Fsp3) is 0.200. The fourth-order valence-corrected chi connectivity index (χ4v) is 5.29. The number of rotatable bonds is 5. The molecule has 4 rings (SSSR count). The van der Waals surface area contributed by atoms with Crippen molar-refractivity contribution in [2.45, 2.75) is 17.2 Å². The molecule has 34 heavy (non-hydrogen) atoms. The van der Waals surface area contributed by atoms with Gasteiger partial charge >= 0.3 is 0 Å².